The van der Waals surface area contributed by atoms with Crippen LogP contribution < -0.4 is 10.1 Å². The molecule has 1 N–H and O–H groups in total. The van der Waals surface area contributed by atoms with Crippen LogP contribution in [0.25, 0.3) is 11.1 Å². The minimum atomic E-state index is -0.537. The summed E-state index contributed by atoms with van der Waals surface area (Å²) < 4.78 is 20.4. The fraction of sp³-hybridized carbons (Fsp3) is 0.462. The first-order chi connectivity index (χ1) is 14.9. The van der Waals surface area contributed by atoms with Crippen LogP contribution in [0.2, 0.25) is 0 Å². The van der Waals surface area contributed by atoms with E-state index in [4.69, 9.17) is 4.74 Å². The number of rotatable bonds is 4. The Hall–Kier alpha value is -2.34. The highest BCUT2D eigenvalue weighted by molar-refractivity contribution is 8.15. The predicted octanol–water partition coefficient (Wildman–Crippen LogP) is 6.05. The summed E-state index contributed by atoms with van der Waals surface area (Å²) in [5.41, 5.74) is 6.10. The van der Waals surface area contributed by atoms with Crippen molar-refractivity contribution >= 4 is 22.9 Å². The second-order valence-corrected chi connectivity index (χ2v) is 11.4. The van der Waals surface area contributed by atoms with Crippen molar-refractivity contribution < 1.29 is 18.7 Å². The van der Waals surface area contributed by atoms with Crippen LogP contribution in [0.3, 0.4) is 0 Å². The molecular formula is C26H30FNO3S. The number of ether oxygens (including phenoxy) is 1. The Balaban J connectivity index is 1.92. The topological polar surface area (TPSA) is 55.4 Å². The lowest BCUT2D eigenvalue weighted by Crippen LogP contribution is -2.34. The van der Waals surface area contributed by atoms with Gasteiger partial charge >= 0.3 is 0 Å². The summed E-state index contributed by atoms with van der Waals surface area (Å²) in [6, 6.07) is 7.51. The molecule has 6 heteroatoms. The number of carbonyl (C=O) groups is 2. The zero-order chi connectivity index (χ0) is 23.4. The summed E-state index contributed by atoms with van der Waals surface area (Å²) >= 11 is 0.982. The van der Waals surface area contributed by atoms with E-state index in [1.165, 1.54) is 24.3 Å². The Morgan fingerprint density at radius 3 is 2.28 bits per heavy atom. The SMILES string of the molecule is COc1c(F)ccc(CC2SC(=O)NC2=O)c1-c1cc2c(cc1C)C(C)(C)CCC2(C)C. The van der Waals surface area contributed by atoms with E-state index in [1.807, 2.05) is 6.92 Å². The van der Waals surface area contributed by atoms with Crippen molar-refractivity contribution in [3.63, 3.8) is 0 Å². The van der Waals surface area contributed by atoms with Crippen LogP contribution in [0.1, 0.15) is 62.8 Å². The standard InChI is InChI=1S/C26H30FNO3S/c1-14-11-17-18(26(4,5)10-9-25(17,2)3)13-16(14)21-15(7-8-19(27)22(21)31-6)12-20-23(29)28-24(30)32-20/h7-8,11,13,20H,9-10,12H2,1-6H3,(H,28,29,30). The largest absolute Gasteiger partial charge is 0.493 e. The maximum absolute atomic E-state index is 14.9. The summed E-state index contributed by atoms with van der Waals surface area (Å²) in [4.78, 5) is 23.9. The molecule has 1 heterocycles. The van der Waals surface area contributed by atoms with E-state index in [1.54, 1.807) is 6.07 Å². The molecule has 2 aromatic rings. The van der Waals surface area contributed by atoms with Crippen molar-refractivity contribution in [1.82, 2.24) is 5.32 Å². The van der Waals surface area contributed by atoms with Crippen molar-refractivity contribution in [2.75, 3.05) is 7.11 Å². The molecule has 0 bridgehead atoms. The lowest BCUT2D eigenvalue weighted by atomic mass is 9.62. The molecule has 1 aliphatic carbocycles. The highest BCUT2D eigenvalue weighted by Crippen LogP contribution is 2.49. The van der Waals surface area contributed by atoms with E-state index in [2.05, 4.69) is 45.1 Å². The molecule has 4 rings (SSSR count). The minimum Gasteiger partial charge on any atom is -0.493 e. The third-order valence-electron chi connectivity index (χ3n) is 7.04. The van der Waals surface area contributed by atoms with Crippen LogP contribution in [0.15, 0.2) is 24.3 Å². The highest BCUT2D eigenvalue weighted by Gasteiger charge is 2.38. The van der Waals surface area contributed by atoms with Crippen molar-refractivity contribution in [1.29, 1.82) is 0 Å². The summed E-state index contributed by atoms with van der Waals surface area (Å²) in [6.07, 6.45) is 2.51. The second-order valence-electron chi connectivity index (χ2n) is 10.2. The molecule has 1 atom stereocenters. The first-order valence-electron chi connectivity index (χ1n) is 11.0. The molecule has 2 aromatic carbocycles. The number of hydrogen-bond donors (Lipinski definition) is 1. The Labute approximate surface area is 193 Å². The van der Waals surface area contributed by atoms with Crippen LogP contribution in [-0.4, -0.2) is 23.5 Å². The van der Waals surface area contributed by atoms with E-state index in [0.29, 0.717) is 12.0 Å². The molecule has 4 nitrogen and oxygen atoms in total. The molecular weight excluding hydrogens is 425 g/mol. The normalized spacial score (nSPS) is 21.3. The molecule has 0 aromatic heterocycles. The van der Waals surface area contributed by atoms with Crippen molar-refractivity contribution in [3.8, 4) is 16.9 Å². The molecule has 0 spiro atoms. The van der Waals surface area contributed by atoms with E-state index >= 15 is 0 Å². The van der Waals surface area contributed by atoms with Gasteiger partial charge in [-0.25, -0.2) is 4.39 Å². The molecule has 0 saturated carbocycles. The van der Waals surface area contributed by atoms with Gasteiger partial charge < -0.3 is 4.74 Å². The van der Waals surface area contributed by atoms with Gasteiger partial charge in [-0.05, 0) is 77.0 Å². The molecule has 1 saturated heterocycles. The van der Waals surface area contributed by atoms with Crippen molar-refractivity contribution in [3.05, 3.63) is 52.3 Å². The maximum Gasteiger partial charge on any atom is 0.286 e. The van der Waals surface area contributed by atoms with E-state index in [-0.39, 0.29) is 27.7 Å². The number of halogens is 1. The second kappa shape index (κ2) is 7.91. The molecule has 1 aliphatic heterocycles. The Morgan fingerprint density at radius 1 is 1.09 bits per heavy atom. The zero-order valence-corrected chi connectivity index (χ0v) is 20.3. The molecule has 1 unspecified atom stereocenters. The molecule has 2 aliphatic rings. The summed E-state index contributed by atoms with van der Waals surface area (Å²) in [6.45, 7) is 11.1. The number of imide groups is 1. The van der Waals surface area contributed by atoms with Gasteiger partial charge in [-0.2, -0.15) is 0 Å². The maximum atomic E-state index is 14.9. The molecule has 32 heavy (non-hydrogen) atoms. The van der Waals surface area contributed by atoms with Crippen LogP contribution in [0.4, 0.5) is 9.18 Å². The monoisotopic (exact) mass is 455 g/mol. The molecule has 1 fully saturated rings. The van der Waals surface area contributed by atoms with Gasteiger partial charge in [0.25, 0.3) is 5.24 Å². The number of amides is 2. The van der Waals surface area contributed by atoms with E-state index in [0.717, 1.165) is 41.3 Å². The minimum absolute atomic E-state index is 0.00162. The number of nitrogens with one attached hydrogen (secondary N) is 1. The number of carbonyl (C=O) groups excluding carboxylic acids is 2. The van der Waals surface area contributed by atoms with Gasteiger partial charge in [-0.3, -0.25) is 14.9 Å². The van der Waals surface area contributed by atoms with E-state index < -0.39 is 11.1 Å². The van der Waals surface area contributed by atoms with Crippen molar-refractivity contribution in [2.45, 2.75) is 70.0 Å². The molecule has 170 valence electrons. The first-order valence-corrected chi connectivity index (χ1v) is 11.9. The summed E-state index contributed by atoms with van der Waals surface area (Å²) in [5.74, 6) is -0.574. The highest BCUT2D eigenvalue weighted by atomic mass is 32.2. The lowest BCUT2D eigenvalue weighted by molar-refractivity contribution is -0.118. The summed E-state index contributed by atoms with van der Waals surface area (Å²) in [7, 11) is 1.47. The number of thioether (sulfide) groups is 1. The van der Waals surface area contributed by atoms with Gasteiger partial charge in [-0.1, -0.05) is 51.6 Å². The number of aryl methyl sites for hydroxylation is 1. The number of hydrogen-bond acceptors (Lipinski definition) is 4. The van der Waals surface area contributed by atoms with Gasteiger partial charge in [0.1, 0.15) is 0 Å². The first kappa shape index (κ1) is 22.8. The van der Waals surface area contributed by atoms with Crippen LogP contribution in [0, 0.1) is 12.7 Å². The summed E-state index contributed by atoms with van der Waals surface area (Å²) in [5, 5.41) is 1.46. The Bertz CT molecular complexity index is 1120. The number of methoxy groups -OCH3 is 1. The van der Waals surface area contributed by atoms with Gasteiger partial charge in [0.05, 0.1) is 12.4 Å². The molecule has 0 radical (unpaired) electrons. The Morgan fingerprint density at radius 2 is 1.72 bits per heavy atom. The fourth-order valence-electron chi connectivity index (χ4n) is 4.98. The van der Waals surface area contributed by atoms with Gasteiger partial charge in [0.15, 0.2) is 11.6 Å². The Kier molecular flexibility index (Phi) is 5.64. The van der Waals surface area contributed by atoms with Gasteiger partial charge in [-0.15, -0.1) is 0 Å². The van der Waals surface area contributed by atoms with Gasteiger partial charge in [0, 0.05) is 5.56 Å². The average molecular weight is 456 g/mol. The molecule has 2 amide bonds. The third kappa shape index (κ3) is 3.83. The van der Waals surface area contributed by atoms with Crippen molar-refractivity contribution in [2.24, 2.45) is 0 Å². The fourth-order valence-corrected chi connectivity index (χ4v) is 5.83. The number of fused-ring (bicyclic) bond motifs is 1. The van der Waals surface area contributed by atoms with Crippen LogP contribution in [0.5, 0.6) is 5.75 Å². The average Bonchev–Trinajstić information content (AvgIpc) is 3.03. The van der Waals surface area contributed by atoms with E-state index in [9.17, 15) is 14.0 Å². The quantitative estimate of drug-likeness (QED) is 0.609. The smallest absolute Gasteiger partial charge is 0.286 e. The lowest BCUT2D eigenvalue weighted by Gasteiger charge is -2.42. The van der Waals surface area contributed by atoms with Crippen LogP contribution in [-0.2, 0) is 22.0 Å². The predicted molar refractivity (Wildman–Crippen MR) is 127 cm³/mol. The van der Waals surface area contributed by atoms with Gasteiger partial charge in [0.2, 0.25) is 5.91 Å². The third-order valence-corrected chi connectivity index (χ3v) is 8.02. The zero-order valence-electron chi connectivity index (χ0n) is 19.5. The number of benzene rings is 2. The van der Waals surface area contributed by atoms with Crippen LogP contribution >= 0.6 is 11.8 Å².